The van der Waals surface area contributed by atoms with Crippen LogP contribution in [0.15, 0.2) is 24.4 Å². The summed E-state index contributed by atoms with van der Waals surface area (Å²) in [6, 6.07) is 6.02. The highest BCUT2D eigenvalue weighted by molar-refractivity contribution is 5.53. The van der Waals surface area contributed by atoms with E-state index in [1.807, 2.05) is 32.3 Å². The molecule has 80 valence electrons. The lowest BCUT2D eigenvalue weighted by molar-refractivity contribution is 0.724. The van der Waals surface area contributed by atoms with Crippen LogP contribution < -0.4 is 11.1 Å². The number of pyridine rings is 1. The third kappa shape index (κ3) is 1.73. The number of nitrogens with one attached hydrogen (secondary N) is 1. The Morgan fingerprint density at radius 3 is 3.00 bits per heavy atom. The van der Waals surface area contributed by atoms with Crippen molar-refractivity contribution in [3.8, 4) is 0 Å². The fourth-order valence-corrected chi connectivity index (χ4v) is 1.75. The van der Waals surface area contributed by atoms with Crippen molar-refractivity contribution in [3.63, 3.8) is 0 Å². The van der Waals surface area contributed by atoms with Gasteiger partial charge in [0, 0.05) is 12.7 Å². The summed E-state index contributed by atoms with van der Waals surface area (Å²) >= 11 is 0. The molecule has 0 saturated carbocycles. The second-order valence-corrected chi connectivity index (χ2v) is 3.69. The Kier molecular flexibility index (Phi) is 2.70. The number of fused-ring (bicyclic) bond motifs is 1. The molecule has 15 heavy (non-hydrogen) atoms. The van der Waals surface area contributed by atoms with E-state index in [4.69, 9.17) is 5.73 Å². The molecule has 2 heterocycles. The van der Waals surface area contributed by atoms with Crippen LogP contribution >= 0.6 is 0 Å². The van der Waals surface area contributed by atoms with Crippen LogP contribution in [0.5, 0.6) is 0 Å². The minimum absolute atomic E-state index is 0.0505. The van der Waals surface area contributed by atoms with Gasteiger partial charge in [0.15, 0.2) is 0 Å². The summed E-state index contributed by atoms with van der Waals surface area (Å²) in [5.41, 5.74) is 8.06. The van der Waals surface area contributed by atoms with Crippen molar-refractivity contribution in [2.24, 2.45) is 5.73 Å². The first-order chi connectivity index (χ1) is 7.24. The normalized spacial score (nSPS) is 13.3. The quantitative estimate of drug-likeness (QED) is 0.786. The van der Waals surface area contributed by atoms with Crippen molar-refractivity contribution in [2.75, 3.05) is 7.05 Å². The number of hydrogen-bond donors (Lipinski definition) is 2. The molecule has 0 saturated heterocycles. The second-order valence-electron chi connectivity index (χ2n) is 3.69. The second kappa shape index (κ2) is 4.00. The third-order valence-corrected chi connectivity index (χ3v) is 2.40. The number of nitrogens with two attached hydrogens (primary N) is 1. The van der Waals surface area contributed by atoms with Crippen LogP contribution in [-0.4, -0.2) is 16.4 Å². The number of imidazole rings is 1. The number of hydrogen-bond acceptors (Lipinski definition) is 3. The molecular formula is C11H16N4. The van der Waals surface area contributed by atoms with Gasteiger partial charge < -0.3 is 15.5 Å². The summed E-state index contributed by atoms with van der Waals surface area (Å²) < 4.78 is 2.05. The molecule has 0 aliphatic heterocycles. The van der Waals surface area contributed by atoms with Crippen LogP contribution in [0.2, 0.25) is 0 Å². The van der Waals surface area contributed by atoms with Gasteiger partial charge in [0.1, 0.15) is 5.82 Å². The summed E-state index contributed by atoms with van der Waals surface area (Å²) in [5, 5.41) is 3.11. The van der Waals surface area contributed by atoms with Crippen molar-refractivity contribution in [2.45, 2.75) is 19.5 Å². The molecule has 0 radical (unpaired) electrons. The molecule has 0 aromatic carbocycles. The monoisotopic (exact) mass is 204 g/mol. The van der Waals surface area contributed by atoms with Crippen molar-refractivity contribution in [3.05, 3.63) is 35.9 Å². The summed E-state index contributed by atoms with van der Waals surface area (Å²) in [5.74, 6) is 0.913. The van der Waals surface area contributed by atoms with Gasteiger partial charge >= 0.3 is 0 Å². The summed E-state index contributed by atoms with van der Waals surface area (Å²) in [4.78, 5) is 4.55. The van der Waals surface area contributed by atoms with Gasteiger partial charge in [-0.25, -0.2) is 4.98 Å². The predicted molar refractivity (Wildman–Crippen MR) is 60.6 cm³/mol. The van der Waals surface area contributed by atoms with Crippen LogP contribution in [-0.2, 0) is 6.54 Å². The largest absolute Gasteiger partial charge is 0.322 e. The lowest BCUT2D eigenvalue weighted by Gasteiger charge is -2.02. The maximum Gasteiger partial charge on any atom is 0.130 e. The van der Waals surface area contributed by atoms with E-state index in [1.165, 1.54) is 0 Å². The van der Waals surface area contributed by atoms with Gasteiger partial charge in [-0.15, -0.1) is 0 Å². The van der Waals surface area contributed by atoms with E-state index in [0.29, 0.717) is 0 Å². The highest BCUT2D eigenvalue weighted by atomic mass is 15.1. The first kappa shape index (κ1) is 10.1. The molecule has 3 N–H and O–H groups in total. The Hall–Kier alpha value is -1.39. The summed E-state index contributed by atoms with van der Waals surface area (Å²) in [6.45, 7) is 2.71. The lowest BCUT2D eigenvalue weighted by atomic mass is 10.3. The van der Waals surface area contributed by atoms with Crippen LogP contribution in [0.3, 0.4) is 0 Å². The fraction of sp³-hybridized carbons (Fsp3) is 0.364. The molecule has 1 unspecified atom stereocenters. The SMILES string of the molecule is CNCc1nc(C(C)N)n2ccccc12. The molecule has 1 atom stereocenters. The molecule has 4 nitrogen and oxygen atoms in total. The van der Waals surface area contributed by atoms with Gasteiger partial charge in [0.25, 0.3) is 0 Å². The van der Waals surface area contributed by atoms with E-state index in [0.717, 1.165) is 23.6 Å². The van der Waals surface area contributed by atoms with Gasteiger partial charge in [-0.1, -0.05) is 6.07 Å². The van der Waals surface area contributed by atoms with E-state index in [9.17, 15) is 0 Å². The Bertz CT molecular complexity index is 459. The Morgan fingerprint density at radius 2 is 2.33 bits per heavy atom. The number of aromatic nitrogens is 2. The third-order valence-electron chi connectivity index (χ3n) is 2.40. The Balaban J connectivity index is 2.62. The molecule has 2 aromatic rings. The summed E-state index contributed by atoms with van der Waals surface area (Å²) in [7, 11) is 1.92. The Morgan fingerprint density at radius 1 is 1.53 bits per heavy atom. The molecule has 0 aliphatic rings. The number of rotatable bonds is 3. The predicted octanol–water partition coefficient (Wildman–Crippen LogP) is 1.07. The Labute approximate surface area is 89.1 Å². The van der Waals surface area contributed by atoms with E-state index in [2.05, 4.69) is 20.8 Å². The molecule has 2 rings (SSSR count). The zero-order chi connectivity index (χ0) is 10.8. The first-order valence-corrected chi connectivity index (χ1v) is 5.10. The van der Waals surface area contributed by atoms with Crippen molar-refractivity contribution < 1.29 is 0 Å². The average molecular weight is 204 g/mol. The van der Waals surface area contributed by atoms with Gasteiger partial charge in [0.2, 0.25) is 0 Å². The van der Waals surface area contributed by atoms with Gasteiger partial charge in [0.05, 0.1) is 17.3 Å². The maximum atomic E-state index is 5.89. The molecule has 0 fully saturated rings. The van der Waals surface area contributed by atoms with Crippen LogP contribution in [0.25, 0.3) is 5.52 Å². The van der Waals surface area contributed by atoms with Gasteiger partial charge in [-0.2, -0.15) is 0 Å². The van der Waals surface area contributed by atoms with Crippen molar-refractivity contribution >= 4 is 5.52 Å². The van der Waals surface area contributed by atoms with Gasteiger partial charge in [-0.05, 0) is 26.1 Å². The zero-order valence-corrected chi connectivity index (χ0v) is 9.07. The molecule has 0 amide bonds. The van der Waals surface area contributed by atoms with Crippen LogP contribution in [0.1, 0.15) is 24.5 Å². The smallest absolute Gasteiger partial charge is 0.130 e. The summed E-state index contributed by atoms with van der Waals surface area (Å²) in [6.07, 6.45) is 2.00. The van der Waals surface area contributed by atoms with Crippen molar-refractivity contribution in [1.29, 1.82) is 0 Å². The minimum Gasteiger partial charge on any atom is -0.322 e. The minimum atomic E-state index is -0.0505. The lowest BCUT2D eigenvalue weighted by Crippen LogP contribution is -2.10. The van der Waals surface area contributed by atoms with E-state index in [-0.39, 0.29) is 6.04 Å². The van der Waals surface area contributed by atoms with E-state index >= 15 is 0 Å². The standard InChI is InChI=1S/C11H16N4/c1-8(12)11-14-9(7-13-2)10-5-3-4-6-15(10)11/h3-6,8,13H,7,12H2,1-2H3. The molecule has 0 aliphatic carbocycles. The molecule has 0 spiro atoms. The molecule has 2 aromatic heterocycles. The van der Waals surface area contributed by atoms with Crippen molar-refractivity contribution in [1.82, 2.24) is 14.7 Å². The van der Waals surface area contributed by atoms with E-state index < -0.39 is 0 Å². The fourth-order valence-electron chi connectivity index (χ4n) is 1.75. The van der Waals surface area contributed by atoms with E-state index in [1.54, 1.807) is 0 Å². The first-order valence-electron chi connectivity index (χ1n) is 5.10. The molecule has 0 bridgehead atoms. The number of nitrogens with zero attached hydrogens (tertiary/aromatic N) is 2. The highest BCUT2D eigenvalue weighted by Gasteiger charge is 2.12. The topological polar surface area (TPSA) is 55.3 Å². The van der Waals surface area contributed by atoms with Crippen LogP contribution in [0.4, 0.5) is 0 Å². The average Bonchev–Trinajstić information content (AvgIpc) is 2.59. The highest BCUT2D eigenvalue weighted by Crippen LogP contribution is 2.16. The molecular weight excluding hydrogens is 188 g/mol. The van der Waals surface area contributed by atoms with Crippen LogP contribution in [0, 0.1) is 0 Å². The molecule has 4 heteroatoms. The maximum absolute atomic E-state index is 5.89. The zero-order valence-electron chi connectivity index (χ0n) is 9.07. The van der Waals surface area contributed by atoms with Gasteiger partial charge in [-0.3, -0.25) is 0 Å².